The first kappa shape index (κ1) is 13.3. The molecule has 80 valence electrons. The molecular formula is C8H20NO3P. The van der Waals surface area contributed by atoms with Crippen LogP contribution < -0.4 is 5.73 Å². The van der Waals surface area contributed by atoms with Crippen molar-refractivity contribution < 1.29 is 13.6 Å². The van der Waals surface area contributed by atoms with Crippen LogP contribution in [0.1, 0.15) is 26.2 Å². The Hall–Kier alpha value is 0.270. The van der Waals surface area contributed by atoms with Crippen molar-refractivity contribution in [2.75, 3.05) is 26.9 Å². The first-order valence-corrected chi connectivity index (χ1v) is 5.74. The third-order valence-electron chi connectivity index (χ3n) is 1.41. The van der Waals surface area contributed by atoms with Gasteiger partial charge >= 0.3 is 8.60 Å². The van der Waals surface area contributed by atoms with Gasteiger partial charge in [-0.05, 0) is 6.42 Å². The molecule has 0 saturated carbocycles. The Morgan fingerprint density at radius 3 is 2.38 bits per heavy atom. The Bertz CT molecular complexity index is 105. The van der Waals surface area contributed by atoms with Crippen molar-refractivity contribution in [3.05, 3.63) is 0 Å². The molecule has 0 radical (unpaired) electrons. The minimum atomic E-state index is -1.16. The molecule has 0 aromatic rings. The summed E-state index contributed by atoms with van der Waals surface area (Å²) in [6.45, 7) is 3.86. The molecule has 0 rings (SSSR count). The average Bonchev–Trinajstić information content (AvgIpc) is 2.17. The van der Waals surface area contributed by atoms with Crippen LogP contribution in [-0.2, 0) is 13.6 Å². The van der Waals surface area contributed by atoms with Crippen molar-refractivity contribution in [2.24, 2.45) is 5.73 Å². The Morgan fingerprint density at radius 1 is 1.15 bits per heavy atom. The van der Waals surface area contributed by atoms with Crippen molar-refractivity contribution in [3.8, 4) is 0 Å². The number of hydrogen-bond acceptors (Lipinski definition) is 4. The first-order chi connectivity index (χ1) is 6.35. The van der Waals surface area contributed by atoms with E-state index in [0.29, 0.717) is 19.8 Å². The van der Waals surface area contributed by atoms with Gasteiger partial charge in [0.25, 0.3) is 0 Å². The van der Waals surface area contributed by atoms with E-state index in [4.69, 9.17) is 19.3 Å². The lowest BCUT2D eigenvalue weighted by atomic mass is 10.3. The smallest absolute Gasteiger partial charge is 0.328 e. The molecule has 5 heteroatoms. The summed E-state index contributed by atoms with van der Waals surface area (Å²) < 4.78 is 15.6. The highest BCUT2D eigenvalue weighted by molar-refractivity contribution is 7.41. The van der Waals surface area contributed by atoms with Gasteiger partial charge in [-0.1, -0.05) is 19.8 Å². The summed E-state index contributed by atoms with van der Waals surface area (Å²) in [5.41, 5.74) is 5.28. The number of unbranched alkanes of at least 4 members (excludes halogenated alkanes) is 2. The highest BCUT2D eigenvalue weighted by atomic mass is 31.2. The zero-order valence-electron chi connectivity index (χ0n) is 8.49. The molecule has 0 aromatic heterocycles. The fourth-order valence-corrected chi connectivity index (χ4v) is 1.58. The Kier molecular flexibility index (Phi) is 10.6. The number of hydrogen-bond donors (Lipinski definition) is 1. The minimum Gasteiger partial charge on any atom is -0.328 e. The maximum absolute atomic E-state index is 5.36. The van der Waals surface area contributed by atoms with Crippen molar-refractivity contribution >= 4 is 8.60 Å². The van der Waals surface area contributed by atoms with Gasteiger partial charge in [0.2, 0.25) is 0 Å². The van der Waals surface area contributed by atoms with Crippen LogP contribution in [0.15, 0.2) is 0 Å². The normalized spacial score (nSPS) is 13.2. The zero-order valence-corrected chi connectivity index (χ0v) is 9.39. The van der Waals surface area contributed by atoms with Gasteiger partial charge < -0.3 is 19.3 Å². The van der Waals surface area contributed by atoms with E-state index < -0.39 is 8.60 Å². The highest BCUT2D eigenvalue weighted by Gasteiger charge is 2.08. The largest absolute Gasteiger partial charge is 0.332 e. The molecule has 0 saturated heterocycles. The Balaban J connectivity index is 3.25. The Morgan fingerprint density at radius 2 is 1.85 bits per heavy atom. The lowest BCUT2D eigenvalue weighted by Crippen LogP contribution is -2.07. The summed E-state index contributed by atoms with van der Waals surface area (Å²) in [4.78, 5) is 0. The van der Waals surface area contributed by atoms with E-state index in [1.54, 1.807) is 7.11 Å². The predicted molar refractivity (Wildman–Crippen MR) is 54.4 cm³/mol. The summed E-state index contributed by atoms with van der Waals surface area (Å²) in [5.74, 6) is 0. The molecule has 1 atom stereocenters. The van der Waals surface area contributed by atoms with Crippen LogP contribution in [-0.4, -0.2) is 26.9 Å². The highest BCUT2D eigenvalue weighted by Crippen LogP contribution is 2.38. The van der Waals surface area contributed by atoms with E-state index in [-0.39, 0.29) is 0 Å². The van der Waals surface area contributed by atoms with Crippen LogP contribution in [0.2, 0.25) is 0 Å². The summed E-state index contributed by atoms with van der Waals surface area (Å²) in [6.07, 6.45) is 3.44. The second-order valence-electron chi connectivity index (χ2n) is 2.57. The Labute approximate surface area is 81.7 Å². The lowest BCUT2D eigenvalue weighted by Gasteiger charge is -2.13. The van der Waals surface area contributed by atoms with Crippen LogP contribution in [0, 0.1) is 0 Å². The molecule has 1 unspecified atom stereocenters. The lowest BCUT2D eigenvalue weighted by molar-refractivity contribution is 0.181. The van der Waals surface area contributed by atoms with Crippen molar-refractivity contribution in [2.45, 2.75) is 26.2 Å². The van der Waals surface area contributed by atoms with Crippen LogP contribution in [0.25, 0.3) is 0 Å². The molecule has 0 heterocycles. The molecule has 2 N–H and O–H groups in total. The van der Waals surface area contributed by atoms with Gasteiger partial charge in [-0.25, -0.2) is 0 Å². The van der Waals surface area contributed by atoms with Crippen molar-refractivity contribution in [3.63, 3.8) is 0 Å². The quantitative estimate of drug-likeness (QED) is 0.466. The zero-order chi connectivity index (χ0) is 9.94. The standard InChI is InChI=1S/C8H20NO3P/c1-3-4-5-7-11-13(10-2)12-8-6-9/h3-9H2,1-2H3. The molecule has 0 aromatic carbocycles. The van der Waals surface area contributed by atoms with Crippen LogP contribution in [0.4, 0.5) is 0 Å². The van der Waals surface area contributed by atoms with Crippen molar-refractivity contribution in [1.29, 1.82) is 0 Å². The van der Waals surface area contributed by atoms with Gasteiger partial charge in [-0.2, -0.15) is 0 Å². The third-order valence-corrected chi connectivity index (χ3v) is 2.49. The minimum absolute atomic E-state index is 0.493. The molecule has 0 aliphatic rings. The fourth-order valence-electron chi connectivity index (χ4n) is 0.761. The summed E-state index contributed by atoms with van der Waals surface area (Å²) in [5, 5.41) is 0. The molecule has 13 heavy (non-hydrogen) atoms. The number of rotatable bonds is 9. The molecular weight excluding hydrogens is 189 g/mol. The topological polar surface area (TPSA) is 53.7 Å². The van der Waals surface area contributed by atoms with E-state index in [1.807, 2.05) is 0 Å². The third kappa shape index (κ3) is 8.60. The summed E-state index contributed by atoms with van der Waals surface area (Å²) in [7, 11) is 0.424. The molecule has 4 nitrogen and oxygen atoms in total. The maximum Gasteiger partial charge on any atom is 0.332 e. The van der Waals surface area contributed by atoms with Crippen LogP contribution >= 0.6 is 8.60 Å². The first-order valence-electron chi connectivity index (χ1n) is 4.65. The molecule has 0 aliphatic carbocycles. The molecule has 0 spiro atoms. The van der Waals surface area contributed by atoms with Gasteiger partial charge in [0.1, 0.15) is 0 Å². The van der Waals surface area contributed by atoms with E-state index in [9.17, 15) is 0 Å². The van der Waals surface area contributed by atoms with Crippen LogP contribution in [0.5, 0.6) is 0 Å². The summed E-state index contributed by atoms with van der Waals surface area (Å²) in [6, 6.07) is 0. The molecule has 0 amide bonds. The van der Waals surface area contributed by atoms with E-state index in [1.165, 1.54) is 12.8 Å². The van der Waals surface area contributed by atoms with Gasteiger partial charge in [0.15, 0.2) is 0 Å². The predicted octanol–water partition coefficient (Wildman–Crippen LogP) is 2.04. The van der Waals surface area contributed by atoms with Gasteiger partial charge in [-0.15, -0.1) is 0 Å². The summed E-state index contributed by atoms with van der Waals surface area (Å²) >= 11 is 0. The second-order valence-corrected chi connectivity index (χ2v) is 3.90. The number of nitrogens with two attached hydrogens (primary N) is 1. The van der Waals surface area contributed by atoms with E-state index >= 15 is 0 Å². The van der Waals surface area contributed by atoms with Gasteiger partial charge in [0.05, 0.1) is 13.2 Å². The van der Waals surface area contributed by atoms with E-state index in [0.717, 1.165) is 6.42 Å². The van der Waals surface area contributed by atoms with Gasteiger partial charge in [0, 0.05) is 13.7 Å². The van der Waals surface area contributed by atoms with Crippen molar-refractivity contribution in [1.82, 2.24) is 0 Å². The SMILES string of the molecule is CCCCCOP(OC)OCCN. The maximum atomic E-state index is 5.36. The van der Waals surface area contributed by atoms with Crippen LogP contribution in [0.3, 0.4) is 0 Å². The molecule has 0 fully saturated rings. The fraction of sp³-hybridized carbons (Fsp3) is 1.00. The second kappa shape index (κ2) is 10.4. The molecule has 0 bridgehead atoms. The van der Waals surface area contributed by atoms with E-state index in [2.05, 4.69) is 6.92 Å². The van der Waals surface area contributed by atoms with Gasteiger partial charge in [-0.3, -0.25) is 0 Å². The average molecular weight is 209 g/mol. The monoisotopic (exact) mass is 209 g/mol. The molecule has 0 aliphatic heterocycles.